The normalized spacial score (nSPS) is 11.7. The molecule has 0 aliphatic heterocycles. The second-order valence-corrected chi connectivity index (χ2v) is 6.08. The molecule has 1 N–H and O–H groups in total. The van der Waals surface area contributed by atoms with Crippen molar-refractivity contribution in [2.24, 2.45) is 4.99 Å². The van der Waals surface area contributed by atoms with Crippen molar-refractivity contribution in [3.63, 3.8) is 0 Å². The molecular weight excluding hydrogens is 347 g/mol. The number of rotatable bonds is 4. The van der Waals surface area contributed by atoms with Gasteiger partial charge in [0.15, 0.2) is 5.69 Å². The molecule has 3 rings (SSSR count). The van der Waals surface area contributed by atoms with E-state index in [2.05, 4.69) is 9.98 Å². The number of nitrogens with zero attached hydrogens (tertiary/aromatic N) is 2. The van der Waals surface area contributed by atoms with E-state index in [0.717, 1.165) is 11.1 Å². The van der Waals surface area contributed by atoms with Gasteiger partial charge in [0.1, 0.15) is 0 Å². The highest BCUT2D eigenvalue weighted by molar-refractivity contribution is 6.30. The van der Waals surface area contributed by atoms with E-state index < -0.39 is 0 Å². The molecular formula is C18H14Cl2N2O2. The Bertz CT molecular complexity index is 869. The monoisotopic (exact) mass is 360 g/mol. The first kappa shape index (κ1) is 16.6. The molecule has 0 amide bonds. The van der Waals surface area contributed by atoms with Crippen LogP contribution in [0.2, 0.25) is 10.0 Å². The Hall–Kier alpha value is -2.30. The lowest BCUT2D eigenvalue weighted by Gasteiger charge is -1.99. The molecule has 0 unspecified atom stereocenters. The van der Waals surface area contributed by atoms with Crippen molar-refractivity contribution < 1.29 is 9.52 Å². The molecule has 3 aromatic rings. The summed E-state index contributed by atoms with van der Waals surface area (Å²) in [6.07, 6.45) is 0. The number of oxazole rings is 1. The highest BCUT2D eigenvalue weighted by atomic mass is 35.5. The Balaban J connectivity index is 1.82. The second kappa shape index (κ2) is 7.07. The van der Waals surface area contributed by atoms with E-state index in [-0.39, 0.29) is 5.95 Å². The predicted molar refractivity (Wildman–Crippen MR) is 96.0 cm³/mol. The fraction of sp³-hybridized carbons (Fsp3) is 0.111. The number of benzene rings is 2. The summed E-state index contributed by atoms with van der Waals surface area (Å²) in [5, 5.41) is 11.3. The molecule has 6 heteroatoms. The summed E-state index contributed by atoms with van der Waals surface area (Å²) in [4.78, 5) is 8.77. The molecule has 0 saturated carbocycles. The molecule has 0 bridgehead atoms. The number of halogens is 2. The van der Waals surface area contributed by atoms with E-state index in [1.54, 1.807) is 31.2 Å². The molecule has 0 atom stereocenters. The SMILES string of the molecule is CC(=NCc1ccc(Cl)cc1)c1nc(-c2ccc(Cl)cc2)oc1O. The van der Waals surface area contributed by atoms with Gasteiger partial charge in [-0.1, -0.05) is 35.3 Å². The summed E-state index contributed by atoms with van der Waals surface area (Å²) >= 11 is 11.7. The zero-order valence-corrected chi connectivity index (χ0v) is 14.3. The third-order valence-electron chi connectivity index (χ3n) is 3.46. The molecule has 24 heavy (non-hydrogen) atoms. The lowest BCUT2D eigenvalue weighted by molar-refractivity contribution is 0.336. The zero-order chi connectivity index (χ0) is 17.1. The Morgan fingerprint density at radius 2 is 1.62 bits per heavy atom. The van der Waals surface area contributed by atoms with Crippen molar-refractivity contribution in [1.82, 2.24) is 4.98 Å². The maximum atomic E-state index is 10.00. The molecule has 0 radical (unpaired) electrons. The van der Waals surface area contributed by atoms with Crippen molar-refractivity contribution in [1.29, 1.82) is 0 Å². The molecule has 0 aliphatic carbocycles. The summed E-state index contributed by atoms with van der Waals surface area (Å²) in [6.45, 7) is 2.24. The average Bonchev–Trinajstić information content (AvgIpc) is 2.96. The number of hydrogen-bond acceptors (Lipinski definition) is 4. The standard InChI is InChI=1S/C18H14Cl2N2O2/c1-11(21-10-12-2-6-14(19)7-3-12)16-18(23)24-17(22-16)13-4-8-15(20)9-5-13/h2-9,23H,10H2,1H3. The molecule has 0 spiro atoms. The topological polar surface area (TPSA) is 58.6 Å². The number of aliphatic imine (C=N–C) groups is 1. The van der Waals surface area contributed by atoms with Gasteiger partial charge in [0, 0.05) is 15.6 Å². The van der Waals surface area contributed by atoms with Crippen molar-refractivity contribution in [3.05, 3.63) is 69.8 Å². The summed E-state index contributed by atoms with van der Waals surface area (Å²) in [5.41, 5.74) is 2.66. The number of aromatic nitrogens is 1. The fourth-order valence-electron chi connectivity index (χ4n) is 2.14. The third kappa shape index (κ3) is 3.78. The van der Waals surface area contributed by atoms with Gasteiger partial charge in [0.25, 0.3) is 0 Å². The summed E-state index contributed by atoms with van der Waals surface area (Å²) in [5.74, 6) is 0.0671. The first-order valence-electron chi connectivity index (χ1n) is 7.24. The Morgan fingerprint density at radius 1 is 1.04 bits per heavy atom. The van der Waals surface area contributed by atoms with Crippen LogP contribution in [0.3, 0.4) is 0 Å². The minimum Gasteiger partial charge on any atom is -0.479 e. The van der Waals surface area contributed by atoms with Gasteiger partial charge in [0.05, 0.1) is 12.3 Å². The van der Waals surface area contributed by atoms with E-state index >= 15 is 0 Å². The van der Waals surface area contributed by atoms with Gasteiger partial charge < -0.3 is 9.52 Å². The largest absolute Gasteiger partial charge is 0.479 e. The molecule has 0 fully saturated rings. The molecule has 0 saturated heterocycles. The molecule has 1 heterocycles. The van der Waals surface area contributed by atoms with E-state index in [1.165, 1.54) is 0 Å². The third-order valence-corrected chi connectivity index (χ3v) is 3.96. The van der Waals surface area contributed by atoms with Crippen molar-refractivity contribution in [3.8, 4) is 17.4 Å². The predicted octanol–water partition coefficient (Wildman–Crippen LogP) is 5.36. The molecule has 4 nitrogen and oxygen atoms in total. The maximum Gasteiger partial charge on any atom is 0.312 e. The van der Waals surface area contributed by atoms with Gasteiger partial charge in [-0.15, -0.1) is 0 Å². The quantitative estimate of drug-likeness (QED) is 0.636. The fourth-order valence-corrected chi connectivity index (χ4v) is 2.39. The van der Waals surface area contributed by atoms with Crippen molar-refractivity contribution >= 4 is 28.9 Å². The van der Waals surface area contributed by atoms with E-state index in [4.69, 9.17) is 27.6 Å². The smallest absolute Gasteiger partial charge is 0.312 e. The van der Waals surface area contributed by atoms with Gasteiger partial charge >= 0.3 is 5.95 Å². The van der Waals surface area contributed by atoms with Crippen LogP contribution < -0.4 is 0 Å². The first-order chi connectivity index (χ1) is 11.5. The van der Waals surface area contributed by atoms with Crippen LogP contribution in [0, 0.1) is 0 Å². The van der Waals surface area contributed by atoms with Gasteiger partial charge in [-0.2, -0.15) is 0 Å². The maximum absolute atomic E-state index is 10.00. The van der Waals surface area contributed by atoms with Crippen LogP contribution in [-0.4, -0.2) is 15.8 Å². The summed E-state index contributed by atoms with van der Waals surface area (Å²) in [6, 6.07) is 14.5. The molecule has 1 aromatic heterocycles. The van der Waals surface area contributed by atoms with Gasteiger partial charge in [-0.05, 0) is 48.9 Å². The second-order valence-electron chi connectivity index (χ2n) is 5.21. The van der Waals surface area contributed by atoms with E-state index in [0.29, 0.717) is 33.9 Å². The van der Waals surface area contributed by atoms with Crippen LogP contribution in [-0.2, 0) is 6.54 Å². The Morgan fingerprint density at radius 3 is 2.25 bits per heavy atom. The summed E-state index contributed by atoms with van der Waals surface area (Å²) in [7, 11) is 0. The van der Waals surface area contributed by atoms with Crippen LogP contribution in [0.25, 0.3) is 11.5 Å². The number of hydrogen-bond donors (Lipinski definition) is 1. The minimum absolute atomic E-state index is 0.252. The Labute approximate surface area is 149 Å². The van der Waals surface area contributed by atoms with Crippen LogP contribution >= 0.6 is 23.2 Å². The van der Waals surface area contributed by atoms with E-state index in [9.17, 15) is 5.11 Å². The Kier molecular flexibility index (Phi) is 4.88. The highest BCUT2D eigenvalue weighted by Gasteiger charge is 2.16. The first-order valence-corrected chi connectivity index (χ1v) is 8.00. The molecule has 122 valence electrons. The van der Waals surface area contributed by atoms with E-state index in [1.807, 2.05) is 24.3 Å². The lowest BCUT2D eigenvalue weighted by Crippen LogP contribution is -1.97. The number of aromatic hydroxyl groups is 1. The highest BCUT2D eigenvalue weighted by Crippen LogP contribution is 2.27. The average molecular weight is 361 g/mol. The lowest BCUT2D eigenvalue weighted by atomic mass is 10.2. The van der Waals surface area contributed by atoms with Crippen molar-refractivity contribution in [2.45, 2.75) is 13.5 Å². The van der Waals surface area contributed by atoms with Gasteiger partial charge in [-0.3, -0.25) is 4.99 Å². The summed E-state index contributed by atoms with van der Waals surface area (Å²) < 4.78 is 5.33. The zero-order valence-electron chi connectivity index (χ0n) is 12.8. The molecule has 2 aromatic carbocycles. The van der Waals surface area contributed by atoms with Gasteiger partial charge in [-0.25, -0.2) is 4.98 Å². The van der Waals surface area contributed by atoms with Crippen LogP contribution in [0.1, 0.15) is 18.2 Å². The van der Waals surface area contributed by atoms with Gasteiger partial charge in [0.2, 0.25) is 5.89 Å². The minimum atomic E-state index is -0.252. The van der Waals surface area contributed by atoms with Crippen LogP contribution in [0.4, 0.5) is 0 Å². The molecule has 0 aliphatic rings. The van der Waals surface area contributed by atoms with Crippen LogP contribution in [0.5, 0.6) is 5.95 Å². The van der Waals surface area contributed by atoms with Crippen LogP contribution in [0.15, 0.2) is 57.9 Å². The van der Waals surface area contributed by atoms with Crippen molar-refractivity contribution in [2.75, 3.05) is 0 Å².